The normalized spacial score (nSPS) is 10.0. The fourth-order valence-corrected chi connectivity index (χ4v) is 1.54. The monoisotopic (exact) mass is 292 g/mol. The summed E-state index contributed by atoms with van der Waals surface area (Å²) in [5.41, 5.74) is 2.71. The summed E-state index contributed by atoms with van der Waals surface area (Å²) in [6.07, 6.45) is 0. The van der Waals surface area contributed by atoms with Crippen LogP contribution in [0.4, 0.5) is 11.6 Å². The summed E-state index contributed by atoms with van der Waals surface area (Å²) in [4.78, 5) is 21.9. The Morgan fingerprint density at radius 1 is 1.29 bits per heavy atom. The van der Waals surface area contributed by atoms with E-state index >= 15 is 0 Å². The van der Waals surface area contributed by atoms with Crippen LogP contribution in [0.15, 0.2) is 18.2 Å². The largest absolute Gasteiger partial charge is 0.467 e. The van der Waals surface area contributed by atoms with Crippen molar-refractivity contribution in [1.82, 2.24) is 15.0 Å². The number of hydrogen-bond donors (Lipinski definition) is 2. The molecule has 0 amide bonds. The Balaban J connectivity index is 2.29. The van der Waals surface area contributed by atoms with Crippen LogP contribution in [-0.4, -0.2) is 27.0 Å². The lowest BCUT2D eigenvalue weighted by Gasteiger charge is -2.07. The van der Waals surface area contributed by atoms with Crippen LogP contribution in [0.5, 0.6) is 17.8 Å². The fourth-order valence-electron chi connectivity index (χ4n) is 1.54. The summed E-state index contributed by atoms with van der Waals surface area (Å²) < 4.78 is 10.3. The third-order valence-corrected chi connectivity index (χ3v) is 2.48. The van der Waals surface area contributed by atoms with Gasteiger partial charge in [0.2, 0.25) is 5.95 Å². The first-order valence-electron chi connectivity index (χ1n) is 5.73. The quantitative estimate of drug-likeness (QED) is 0.472. The maximum atomic E-state index is 10.8. The molecule has 0 atom stereocenters. The lowest BCUT2D eigenvalue weighted by atomic mass is 10.2. The molecule has 0 aliphatic heterocycles. The van der Waals surface area contributed by atoms with Gasteiger partial charge in [-0.25, -0.2) is 5.84 Å². The molecule has 3 N–H and O–H groups in total. The van der Waals surface area contributed by atoms with E-state index in [1.807, 2.05) is 0 Å². The van der Waals surface area contributed by atoms with Crippen LogP contribution in [0.1, 0.15) is 5.56 Å². The Bertz CT molecular complexity index is 656. The van der Waals surface area contributed by atoms with Gasteiger partial charge in [-0.05, 0) is 19.1 Å². The van der Waals surface area contributed by atoms with Gasteiger partial charge < -0.3 is 9.47 Å². The first-order valence-corrected chi connectivity index (χ1v) is 5.73. The average molecular weight is 292 g/mol. The summed E-state index contributed by atoms with van der Waals surface area (Å²) in [6, 6.07) is 4.25. The number of anilines is 1. The van der Waals surface area contributed by atoms with Crippen molar-refractivity contribution in [3.63, 3.8) is 0 Å². The van der Waals surface area contributed by atoms with E-state index in [2.05, 4.69) is 20.4 Å². The molecule has 0 unspecified atom stereocenters. The summed E-state index contributed by atoms with van der Waals surface area (Å²) in [5, 5.41) is 10.8. The zero-order chi connectivity index (χ0) is 15.4. The number of nitro groups is 1. The molecule has 0 saturated heterocycles. The zero-order valence-electron chi connectivity index (χ0n) is 11.2. The molecule has 2 aromatic rings. The van der Waals surface area contributed by atoms with E-state index in [1.54, 1.807) is 6.92 Å². The number of nitrogens with zero attached hydrogens (tertiary/aromatic N) is 4. The molecule has 1 aromatic carbocycles. The van der Waals surface area contributed by atoms with Gasteiger partial charge in [0.1, 0.15) is 5.75 Å². The minimum Gasteiger partial charge on any atom is -0.467 e. The standard InChI is InChI=1S/C11H12N6O4/c1-6-5-7(3-4-8(6)17(18)19)21-11-14-9(16-12)13-10(15-11)20-2/h3-5H,12H2,1-2H3,(H,13,14,15,16). The Morgan fingerprint density at radius 2 is 2.00 bits per heavy atom. The van der Waals surface area contributed by atoms with E-state index in [4.69, 9.17) is 15.3 Å². The molecule has 0 bridgehead atoms. The molecule has 21 heavy (non-hydrogen) atoms. The third kappa shape index (κ3) is 3.30. The summed E-state index contributed by atoms with van der Waals surface area (Å²) in [7, 11) is 1.38. The number of nitro benzene ring substituents is 1. The topological polar surface area (TPSA) is 138 Å². The second-order valence-electron chi connectivity index (χ2n) is 3.88. The Labute approximate surface area is 119 Å². The number of benzene rings is 1. The van der Waals surface area contributed by atoms with Crippen LogP contribution in [0.3, 0.4) is 0 Å². The van der Waals surface area contributed by atoms with Crippen molar-refractivity contribution >= 4 is 11.6 Å². The summed E-state index contributed by atoms with van der Waals surface area (Å²) >= 11 is 0. The molecule has 1 heterocycles. The van der Waals surface area contributed by atoms with E-state index in [-0.39, 0.29) is 23.7 Å². The van der Waals surface area contributed by atoms with Gasteiger partial charge in [0.05, 0.1) is 12.0 Å². The Morgan fingerprint density at radius 3 is 2.57 bits per heavy atom. The number of hydrogen-bond acceptors (Lipinski definition) is 9. The highest BCUT2D eigenvalue weighted by Gasteiger charge is 2.13. The second-order valence-corrected chi connectivity index (χ2v) is 3.88. The number of rotatable bonds is 5. The number of hydrazine groups is 1. The second kappa shape index (κ2) is 5.96. The van der Waals surface area contributed by atoms with Gasteiger partial charge in [-0.15, -0.1) is 4.98 Å². The maximum absolute atomic E-state index is 10.8. The molecule has 0 aliphatic carbocycles. The van der Waals surface area contributed by atoms with Gasteiger partial charge in [-0.1, -0.05) is 0 Å². The van der Waals surface area contributed by atoms with E-state index in [0.29, 0.717) is 11.3 Å². The highest BCUT2D eigenvalue weighted by Crippen LogP contribution is 2.26. The number of nitrogen functional groups attached to an aromatic ring is 1. The molecule has 0 spiro atoms. The molecule has 2 rings (SSSR count). The molecular formula is C11H12N6O4. The first kappa shape index (κ1) is 14.4. The van der Waals surface area contributed by atoms with E-state index < -0.39 is 4.92 Å². The Hall–Kier alpha value is -3.01. The lowest BCUT2D eigenvalue weighted by molar-refractivity contribution is -0.385. The molecule has 0 aliphatic rings. The molecule has 10 nitrogen and oxygen atoms in total. The molecule has 0 fully saturated rings. The fraction of sp³-hybridized carbons (Fsp3) is 0.182. The first-order chi connectivity index (χ1) is 10.0. The molecule has 10 heteroatoms. The van der Waals surface area contributed by atoms with Crippen LogP contribution in [0, 0.1) is 17.0 Å². The van der Waals surface area contributed by atoms with Crippen molar-refractivity contribution in [2.24, 2.45) is 5.84 Å². The predicted octanol–water partition coefficient (Wildman–Crippen LogP) is 1.17. The molecule has 0 radical (unpaired) electrons. The minimum absolute atomic E-state index is 0.000101. The zero-order valence-corrected chi connectivity index (χ0v) is 11.2. The third-order valence-electron chi connectivity index (χ3n) is 2.48. The number of ether oxygens (including phenoxy) is 2. The predicted molar refractivity (Wildman–Crippen MR) is 72.1 cm³/mol. The van der Waals surface area contributed by atoms with E-state index in [0.717, 1.165) is 0 Å². The van der Waals surface area contributed by atoms with Crippen LogP contribution in [0.25, 0.3) is 0 Å². The highest BCUT2D eigenvalue weighted by atomic mass is 16.6. The summed E-state index contributed by atoms with van der Waals surface area (Å²) in [6.45, 7) is 1.60. The van der Waals surface area contributed by atoms with Crippen LogP contribution in [-0.2, 0) is 0 Å². The number of methoxy groups -OCH3 is 1. The van der Waals surface area contributed by atoms with Crippen molar-refractivity contribution in [3.8, 4) is 17.8 Å². The van der Waals surface area contributed by atoms with Crippen molar-refractivity contribution in [2.45, 2.75) is 6.92 Å². The van der Waals surface area contributed by atoms with Crippen LogP contribution in [0.2, 0.25) is 0 Å². The van der Waals surface area contributed by atoms with E-state index in [1.165, 1.54) is 25.3 Å². The molecular weight excluding hydrogens is 280 g/mol. The van der Waals surface area contributed by atoms with Gasteiger partial charge in [-0.3, -0.25) is 15.5 Å². The van der Waals surface area contributed by atoms with Crippen molar-refractivity contribution in [3.05, 3.63) is 33.9 Å². The van der Waals surface area contributed by atoms with Crippen LogP contribution < -0.4 is 20.7 Å². The molecule has 110 valence electrons. The minimum atomic E-state index is -0.471. The number of aromatic nitrogens is 3. The Kier molecular flexibility index (Phi) is 4.09. The molecule has 1 aromatic heterocycles. The SMILES string of the molecule is COc1nc(NN)nc(Oc2ccc([N+](=O)[O-])c(C)c2)n1. The van der Waals surface area contributed by atoms with Gasteiger partial charge in [-0.2, -0.15) is 9.97 Å². The number of nitrogens with two attached hydrogens (primary N) is 1. The maximum Gasteiger partial charge on any atom is 0.330 e. The average Bonchev–Trinajstić information content (AvgIpc) is 2.46. The number of nitrogens with one attached hydrogen (secondary N) is 1. The van der Waals surface area contributed by atoms with Crippen molar-refractivity contribution in [2.75, 3.05) is 12.5 Å². The van der Waals surface area contributed by atoms with Gasteiger partial charge in [0.25, 0.3) is 5.69 Å². The van der Waals surface area contributed by atoms with Crippen LogP contribution >= 0.6 is 0 Å². The summed E-state index contributed by atoms with van der Waals surface area (Å²) in [5.74, 6) is 5.63. The lowest BCUT2D eigenvalue weighted by Crippen LogP contribution is -2.12. The van der Waals surface area contributed by atoms with Gasteiger partial charge in [0.15, 0.2) is 0 Å². The van der Waals surface area contributed by atoms with E-state index in [9.17, 15) is 10.1 Å². The number of aryl methyl sites for hydroxylation is 1. The van der Waals surface area contributed by atoms with Crippen molar-refractivity contribution < 1.29 is 14.4 Å². The highest BCUT2D eigenvalue weighted by molar-refractivity contribution is 5.45. The smallest absolute Gasteiger partial charge is 0.330 e. The van der Waals surface area contributed by atoms with Crippen molar-refractivity contribution in [1.29, 1.82) is 0 Å². The molecule has 0 saturated carbocycles. The van der Waals surface area contributed by atoms with Gasteiger partial charge in [0, 0.05) is 11.6 Å². The van der Waals surface area contributed by atoms with Gasteiger partial charge >= 0.3 is 12.0 Å².